The lowest BCUT2D eigenvalue weighted by Gasteiger charge is -2.11. The molecular weight excluding hydrogens is 348 g/mol. The smallest absolute Gasteiger partial charge is 0.262 e. The number of nitrogens with zero attached hydrogens (tertiary/aromatic N) is 3. The van der Waals surface area contributed by atoms with Crippen LogP contribution in [0.4, 0.5) is 0 Å². The van der Waals surface area contributed by atoms with E-state index in [1.54, 1.807) is 24.3 Å². The quantitative estimate of drug-likeness (QED) is 0.353. The van der Waals surface area contributed by atoms with Crippen molar-refractivity contribution in [3.63, 3.8) is 0 Å². The summed E-state index contributed by atoms with van der Waals surface area (Å²) < 4.78 is 1.47. The van der Waals surface area contributed by atoms with Gasteiger partial charge in [-0.05, 0) is 18.2 Å². The van der Waals surface area contributed by atoms with Crippen LogP contribution in [0.5, 0.6) is 0 Å². The molecule has 0 atom stereocenters. The molecule has 0 spiro atoms. The number of aromatic nitrogens is 2. The van der Waals surface area contributed by atoms with Crippen molar-refractivity contribution in [2.45, 2.75) is 18.1 Å². The number of nitriles is 1. The molecule has 0 unspecified atom stereocenters. The number of fused-ring (bicyclic) bond motifs is 1. The Morgan fingerprint density at radius 3 is 3.04 bits per heavy atom. The van der Waals surface area contributed by atoms with Crippen molar-refractivity contribution in [3.8, 4) is 6.07 Å². The molecule has 6 nitrogen and oxygen atoms in total. The summed E-state index contributed by atoms with van der Waals surface area (Å²) in [6.07, 6.45) is 1.85. The number of halogens is 1. The second kappa shape index (κ2) is 8.52. The molecule has 1 amide bonds. The van der Waals surface area contributed by atoms with Gasteiger partial charge in [-0.3, -0.25) is 14.2 Å². The highest BCUT2D eigenvalue weighted by Gasteiger charge is 2.12. The third-order valence-electron chi connectivity index (χ3n) is 3.09. The molecule has 1 aromatic heterocycles. The Kier molecular flexibility index (Phi) is 6.41. The Hall–Kier alpha value is -2.30. The maximum Gasteiger partial charge on any atom is 0.262 e. The number of thioether (sulfide) groups is 1. The van der Waals surface area contributed by atoms with Crippen LogP contribution in [-0.2, 0) is 11.3 Å². The minimum atomic E-state index is -0.221. The molecular formula is C16H15ClN4O2S. The molecule has 0 aliphatic heterocycles. The number of carbonyl (C=O) groups is 1. The Bertz CT molecular complexity index is 873. The van der Waals surface area contributed by atoms with Gasteiger partial charge in [0.2, 0.25) is 5.91 Å². The summed E-state index contributed by atoms with van der Waals surface area (Å²) in [6.45, 7) is 4.25. The van der Waals surface area contributed by atoms with Gasteiger partial charge in [0, 0.05) is 18.1 Å². The van der Waals surface area contributed by atoms with Crippen LogP contribution in [-0.4, -0.2) is 27.8 Å². The van der Waals surface area contributed by atoms with Gasteiger partial charge in [0.1, 0.15) is 0 Å². The Balaban J connectivity index is 2.29. The summed E-state index contributed by atoms with van der Waals surface area (Å²) in [5.41, 5.74) is 0.282. The topological polar surface area (TPSA) is 87.8 Å². The number of hydrogen-bond donors (Lipinski definition) is 1. The lowest BCUT2D eigenvalue weighted by atomic mass is 10.2. The van der Waals surface area contributed by atoms with Gasteiger partial charge >= 0.3 is 0 Å². The van der Waals surface area contributed by atoms with Crippen molar-refractivity contribution in [2.24, 2.45) is 0 Å². The minimum absolute atomic E-state index is 0.0983. The zero-order valence-electron chi connectivity index (χ0n) is 12.8. The maximum atomic E-state index is 12.6. The molecule has 2 rings (SSSR count). The molecule has 0 saturated carbocycles. The van der Waals surface area contributed by atoms with Crippen LogP contribution in [0.3, 0.4) is 0 Å². The molecule has 0 bridgehead atoms. The number of nitrogens with one attached hydrogen (secondary N) is 1. The van der Waals surface area contributed by atoms with Crippen LogP contribution in [0.15, 0.2) is 40.8 Å². The Morgan fingerprint density at radius 2 is 2.33 bits per heavy atom. The zero-order chi connectivity index (χ0) is 17.5. The molecule has 0 aliphatic carbocycles. The first-order valence-corrected chi connectivity index (χ1v) is 8.50. The Labute approximate surface area is 148 Å². The molecule has 0 aliphatic rings. The maximum absolute atomic E-state index is 12.6. The number of allylic oxidation sites excluding steroid dienone is 1. The number of benzene rings is 1. The predicted molar refractivity (Wildman–Crippen MR) is 95.2 cm³/mol. The molecule has 1 N–H and O–H groups in total. The highest BCUT2D eigenvalue weighted by Crippen LogP contribution is 2.20. The average Bonchev–Trinajstić information content (AvgIpc) is 2.56. The van der Waals surface area contributed by atoms with E-state index in [-0.39, 0.29) is 23.6 Å². The fourth-order valence-corrected chi connectivity index (χ4v) is 3.02. The molecule has 1 aromatic carbocycles. The summed E-state index contributed by atoms with van der Waals surface area (Å²) >= 11 is 7.11. The molecule has 8 heteroatoms. The molecule has 2 aromatic rings. The van der Waals surface area contributed by atoms with Crippen molar-refractivity contribution in [1.29, 1.82) is 5.26 Å². The summed E-state index contributed by atoms with van der Waals surface area (Å²) in [5, 5.41) is 12.5. The number of rotatable bonds is 7. The summed E-state index contributed by atoms with van der Waals surface area (Å²) in [5.74, 6) is -0.123. The molecule has 1 heterocycles. The van der Waals surface area contributed by atoms with E-state index >= 15 is 0 Å². The number of amides is 1. The highest BCUT2D eigenvalue weighted by atomic mass is 35.5. The van der Waals surface area contributed by atoms with Gasteiger partial charge in [-0.25, -0.2) is 4.98 Å². The van der Waals surface area contributed by atoms with Crippen LogP contribution >= 0.6 is 23.4 Å². The van der Waals surface area contributed by atoms with Crippen molar-refractivity contribution in [1.82, 2.24) is 14.9 Å². The third kappa shape index (κ3) is 4.37. The SMILES string of the molecule is C=CCn1c(SCC(=O)NCCC#N)nc2cc(Cl)ccc2c1=O. The third-order valence-corrected chi connectivity index (χ3v) is 4.30. The largest absolute Gasteiger partial charge is 0.354 e. The van der Waals surface area contributed by atoms with Crippen LogP contribution in [0, 0.1) is 11.3 Å². The molecule has 0 saturated heterocycles. The standard InChI is InChI=1S/C16H15ClN4O2S/c1-2-8-21-15(23)12-5-4-11(17)9-13(12)20-16(21)24-10-14(22)19-7-3-6-18/h2,4-5,9H,1,3,7-8,10H2,(H,19,22). The Morgan fingerprint density at radius 1 is 1.54 bits per heavy atom. The monoisotopic (exact) mass is 362 g/mol. The van der Waals surface area contributed by atoms with Crippen molar-refractivity contribution >= 4 is 40.2 Å². The fourth-order valence-electron chi connectivity index (χ4n) is 2.01. The van der Waals surface area contributed by atoms with Crippen LogP contribution in [0.2, 0.25) is 5.02 Å². The van der Waals surface area contributed by atoms with Gasteiger partial charge in [-0.15, -0.1) is 6.58 Å². The van der Waals surface area contributed by atoms with E-state index in [0.717, 1.165) is 11.8 Å². The van der Waals surface area contributed by atoms with E-state index in [9.17, 15) is 9.59 Å². The zero-order valence-corrected chi connectivity index (χ0v) is 14.4. The van der Waals surface area contributed by atoms with E-state index in [2.05, 4.69) is 16.9 Å². The van der Waals surface area contributed by atoms with Gasteiger partial charge in [0.05, 0.1) is 29.1 Å². The van der Waals surface area contributed by atoms with E-state index in [4.69, 9.17) is 16.9 Å². The van der Waals surface area contributed by atoms with Crippen LogP contribution in [0.25, 0.3) is 10.9 Å². The summed E-state index contributed by atoms with van der Waals surface area (Å²) in [7, 11) is 0. The predicted octanol–water partition coefficient (Wildman–Crippen LogP) is 2.36. The van der Waals surface area contributed by atoms with Gasteiger partial charge in [0.25, 0.3) is 5.56 Å². The van der Waals surface area contributed by atoms with Crippen molar-refractivity contribution in [2.75, 3.05) is 12.3 Å². The first-order chi connectivity index (χ1) is 11.6. The van der Waals surface area contributed by atoms with Gasteiger partial charge in [-0.1, -0.05) is 29.4 Å². The van der Waals surface area contributed by atoms with Gasteiger partial charge in [-0.2, -0.15) is 5.26 Å². The van der Waals surface area contributed by atoms with E-state index < -0.39 is 0 Å². The van der Waals surface area contributed by atoms with Gasteiger partial charge < -0.3 is 5.32 Å². The van der Waals surface area contributed by atoms with E-state index in [1.165, 1.54) is 4.57 Å². The summed E-state index contributed by atoms with van der Waals surface area (Å²) in [4.78, 5) is 28.8. The minimum Gasteiger partial charge on any atom is -0.354 e. The van der Waals surface area contributed by atoms with E-state index in [1.807, 2.05) is 6.07 Å². The molecule has 0 fully saturated rings. The van der Waals surface area contributed by atoms with Gasteiger partial charge in [0.15, 0.2) is 5.16 Å². The normalized spacial score (nSPS) is 10.3. The number of hydrogen-bond acceptors (Lipinski definition) is 5. The first-order valence-electron chi connectivity index (χ1n) is 7.14. The molecule has 124 valence electrons. The lowest BCUT2D eigenvalue weighted by molar-refractivity contribution is -0.118. The fraction of sp³-hybridized carbons (Fsp3) is 0.250. The van der Waals surface area contributed by atoms with Crippen LogP contribution < -0.4 is 10.9 Å². The highest BCUT2D eigenvalue weighted by molar-refractivity contribution is 7.99. The van der Waals surface area contributed by atoms with Crippen molar-refractivity contribution < 1.29 is 4.79 Å². The van der Waals surface area contributed by atoms with Crippen molar-refractivity contribution in [3.05, 3.63) is 46.2 Å². The van der Waals surface area contributed by atoms with E-state index in [0.29, 0.717) is 34.2 Å². The summed E-state index contributed by atoms with van der Waals surface area (Å²) in [6, 6.07) is 6.85. The lowest BCUT2D eigenvalue weighted by Crippen LogP contribution is -2.27. The first kappa shape index (κ1) is 18.0. The molecule has 0 radical (unpaired) electrons. The second-order valence-corrected chi connectivity index (χ2v) is 6.19. The molecule has 24 heavy (non-hydrogen) atoms. The second-order valence-electron chi connectivity index (χ2n) is 4.81. The van der Waals surface area contributed by atoms with Crippen LogP contribution in [0.1, 0.15) is 6.42 Å². The average molecular weight is 363 g/mol. The number of carbonyl (C=O) groups excluding carboxylic acids is 1.